The molecule has 0 aliphatic rings. The first-order valence-electron chi connectivity index (χ1n) is 6.87. The molecule has 0 aliphatic carbocycles. The summed E-state index contributed by atoms with van der Waals surface area (Å²) >= 11 is 8.66. The third kappa shape index (κ3) is 2.69. The van der Waals surface area contributed by atoms with Crippen molar-refractivity contribution in [2.45, 2.75) is 26.1 Å². The van der Waals surface area contributed by atoms with Crippen LogP contribution >= 0.6 is 34.2 Å². The molecule has 0 saturated carbocycles. The maximum Gasteiger partial charge on any atom is 0.132 e. The third-order valence-electron chi connectivity index (χ3n) is 3.75. The highest BCUT2D eigenvalue weighted by Crippen LogP contribution is 2.29. The largest absolute Gasteiger partial charge is 0.295 e. The summed E-state index contributed by atoms with van der Waals surface area (Å²) in [6, 6.07) is 12.8. The van der Waals surface area contributed by atoms with Gasteiger partial charge in [-0.05, 0) is 84.8 Å². The Kier molecular flexibility index (Phi) is 3.97. The Bertz CT molecular complexity index is 821. The summed E-state index contributed by atoms with van der Waals surface area (Å²) in [5.41, 5.74) is 5.76. The molecular formula is C17H16ClIN2. The Balaban J connectivity index is 2.33. The Morgan fingerprint density at radius 3 is 2.52 bits per heavy atom. The van der Waals surface area contributed by atoms with E-state index in [-0.39, 0.29) is 5.38 Å². The minimum absolute atomic E-state index is 0.142. The van der Waals surface area contributed by atoms with Crippen LogP contribution in [0, 0.1) is 17.4 Å². The molecule has 2 nitrogen and oxygen atoms in total. The zero-order valence-corrected chi connectivity index (χ0v) is 15.1. The van der Waals surface area contributed by atoms with Gasteiger partial charge in [0.25, 0.3) is 0 Å². The van der Waals surface area contributed by atoms with Crippen molar-refractivity contribution in [2.24, 2.45) is 0 Å². The lowest BCUT2D eigenvalue weighted by Crippen LogP contribution is -2.02. The molecule has 0 spiro atoms. The first kappa shape index (κ1) is 14.9. The molecule has 1 atom stereocenters. The first-order chi connectivity index (χ1) is 9.97. The molecule has 0 aliphatic heterocycles. The number of aromatic nitrogens is 2. The number of aryl methyl sites for hydroxylation is 2. The van der Waals surface area contributed by atoms with Gasteiger partial charge < -0.3 is 0 Å². The maximum atomic E-state index is 6.36. The molecule has 1 aromatic heterocycles. The molecule has 2 aromatic carbocycles. The molecule has 21 heavy (non-hydrogen) atoms. The molecule has 108 valence electrons. The molecule has 0 radical (unpaired) electrons. The van der Waals surface area contributed by atoms with Crippen LogP contribution in [0.25, 0.3) is 16.7 Å². The summed E-state index contributed by atoms with van der Waals surface area (Å²) < 4.78 is 3.34. The monoisotopic (exact) mass is 410 g/mol. The second-order valence-electron chi connectivity index (χ2n) is 5.32. The van der Waals surface area contributed by atoms with E-state index >= 15 is 0 Å². The lowest BCUT2D eigenvalue weighted by atomic mass is 10.1. The molecule has 3 rings (SSSR count). The molecule has 4 heteroatoms. The van der Waals surface area contributed by atoms with Gasteiger partial charge >= 0.3 is 0 Å². The van der Waals surface area contributed by atoms with Crippen LogP contribution in [0.1, 0.15) is 29.3 Å². The minimum Gasteiger partial charge on any atom is -0.295 e. The van der Waals surface area contributed by atoms with Gasteiger partial charge in [-0.3, -0.25) is 4.57 Å². The van der Waals surface area contributed by atoms with E-state index < -0.39 is 0 Å². The van der Waals surface area contributed by atoms with E-state index in [0.29, 0.717) is 0 Å². The van der Waals surface area contributed by atoms with Gasteiger partial charge in [0, 0.05) is 9.26 Å². The molecule has 1 heterocycles. The van der Waals surface area contributed by atoms with Gasteiger partial charge in [0.1, 0.15) is 5.82 Å². The second-order valence-corrected chi connectivity index (χ2v) is 7.22. The van der Waals surface area contributed by atoms with Gasteiger partial charge in [0.15, 0.2) is 0 Å². The van der Waals surface area contributed by atoms with Crippen LogP contribution in [-0.2, 0) is 0 Å². The topological polar surface area (TPSA) is 17.8 Å². The number of hydrogen-bond acceptors (Lipinski definition) is 1. The van der Waals surface area contributed by atoms with Gasteiger partial charge in [0.05, 0.1) is 16.4 Å². The predicted octanol–water partition coefficient (Wildman–Crippen LogP) is 5.55. The van der Waals surface area contributed by atoms with Crippen molar-refractivity contribution >= 4 is 45.2 Å². The molecule has 0 fully saturated rings. The van der Waals surface area contributed by atoms with Crippen LogP contribution in [0.15, 0.2) is 36.4 Å². The number of rotatable bonds is 2. The van der Waals surface area contributed by atoms with Crippen molar-refractivity contribution in [1.29, 1.82) is 0 Å². The van der Waals surface area contributed by atoms with Crippen LogP contribution in [-0.4, -0.2) is 9.55 Å². The molecule has 0 N–H and O–H groups in total. The summed E-state index contributed by atoms with van der Waals surface area (Å²) in [5, 5.41) is -0.142. The SMILES string of the molecule is Cc1ccc(-n2c(C(C)Cl)nc3cc(I)ccc32)cc1C. The maximum absolute atomic E-state index is 6.36. The standard InChI is InChI=1S/C17H16ClIN2/c1-10-4-6-14(8-11(10)2)21-16-7-5-13(19)9-15(16)20-17(21)12(3)18/h4-9,12H,1-3H3. The Morgan fingerprint density at radius 1 is 1.10 bits per heavy atom. The van der Waals surface area contributed by atoms with Crippen molar-refractivity contribution in [3.05, 3.63) is 56.9 Å². The van der Waals surface area contributed by atoms with Crippen LogP contribution in [0.3, 0.4) is 0 Å². The number of fused-ring (bicyclic) bond motifs is 1. The van der Waals surface area contributed by atoms with E-state index in [1.807, 2.05) is 6.92 Å². The van der Waals surface area contributed by atoms with Crippen LogP contribution in [0.5, 0.6) is 0 Å². The Hall–Kier alpha value is -1.07. The molecule has 3 aromatic rings. The van der Waals surface area contributed by atoms with Crippen LogP contribution in [0.4, 0.5) is 0 Å². The van der Waals surface area contributed by atoms with E-state index in [4.69, 9.17) is 16.6 Å². The first-order valence-corrected chi connectivity index (χ1v) is 8.38. The highest BCUT2D eigenvalue weighted by molar-refractivity contribution is 14.1. The third-order valence-corrected chi connectivity index (χ3v) is 4.61. The highest BCUT2D eigenvalue weighted by atomic mass is 127. The van der Waals surface area contributed by atoms with Crippen LogP contribution in [0.2, 0.25) is 0 Å². The van der Waals surface area contributed by atoms with Crippen molar-refractivity contribution in [1.82, 2.24) is 9.55 Å². The van der Waals surface area contributed by atoms with Crippen LogP contribution < -0.4 is 0 Å². The number of hydrogen-bond donors (Lipinski definition) is 0. The number of imidazole rings is 1. The Labute approximate surface area is 143 Å². The van der Waals surface area contributed by atoms with E-state index in [1.165, 1.54) is 14.7 Å². The van der Waals surface area contributed by atoms with Crippen molar-refractivity contribution in [3.63, 3.8) is 0 Å². The van der Waals surface area contributed by atoms with Gasteiger partial charge in [-0.2, -0.15) is 0 Å². The predicted molar refractivity (Wildman–Crippen MR) is 97.5 cm³/mol. The normalized spacial score (nSPS) is 12.8. The second kappa shape index (κ2) is 5.61. The fraction of sp³-hybridized carbons (Fsp3) is 0.235. The highest BCUT2D eigenvalue weighted by Gasteiger charge is 2.16. The fourth-order valence-electron chi connectivity index (χ4n) is 2.47. The number of benzene rings is 2. The van der Waals surface area contributed by atoms with E-state index in [1.54, 1.807) is 0 Å². The number of alkyl halides is 1. The summed E-state index contributed by atoms with van der Waals surface area (Å²) in [7, 11) is 0. The average Bonchev–Trinajstić information content (AvgIpc) is 2.80. The van der Waals surface area contributed by atoms with Crippen molar-refractivity contribution in [3.8, 4) is 5.69 Å². The van der Waals surface area contributed by atoms with Gasteiger partial charge in [0.2, 0.25) is 0 Å². The smallest absolute Gasteiger partial charge is 0.132 e. The van der Waals surface area contributed by atoms with Crippen molar-refractivity contribution < 1.29 is 0 Å². The van der Waals surface area contributed by atoms with E-state index in [9.17, 15) is 0 Å². The van der Waals surface area contributed by atoms with Gasteiger partial charge in [-0.25, -0.2) is 4.98 Å². The van der Waals surface area contributed by atoms with Gasteiger partial charge in [-0.1, -0.05) is 6.07 Å². The summed E-state index contributed by atoms with van der Waals surface area (Å²) in [6.45, 7) is 6.22. The minimum atomic E-state index is -0.142. The van der Waals surface area contributed by atoms with Crippen molar-refractivity contribution in [2.75, 3.05) is 0 Å². The molecule has 0 amide bonds. The number of halogens is 2. The van der Waals surface area contributed by atoms with E-state index in [0.717, 1.165) is 22.5 Å². The average molecular weight is 411 g/mol. The molecule has 0 bridgehead atoms. The number of nitrogens with zero attached hydrogens (tertiary/aromatic N) is 2. The molecule has 0 saturated heterocycles. The zero-order chi connectivity index (χ0) is 15.1. The zero-order valence-electron chi connectivity index (χ0n) is 12.2. The lowest BCUT2D eigenvalue weighted by molar-refractivity contribution is 0.881. The Morgan fingerprint density at radius 2 is 1.86 bits per heavy atom. The molecular weight excluding hydrogens is 395 g/mol. The van der Waals surface area contributed by atoms with Gasteiger partial charge in [-0.15, -0.1) is 11.6 Å². The summed E-state index contributed by atoms with van der Waals surface area (Å²) in [6.07, 6.45) is 0. The fourth-order valence-corrected chi connectivity index (χ4v) is 3.10. The quantitative estimate of drug-likeness (QED) is 0.400. The molecule has 1 unspecified atom stereocenters. The summed E-state index contributed by atoms with van der Waals surface area (Å²) in [4.78, 5) is 4.73. The van der Waals surface area contributed by atoms with E-state index in [2.05, 4.69) is 77.4 Å². The lowest BCUT2D eigenvalue weighted by Gasteiger charge is -2.12. The summed E-state index contributed by atoms with van der Waals surface area (Å²) in [5.74, 6) is 0.886.